The van der Waals surface area contributed by atoms with Crippen LogP contribution in [-0.4, -0.2) is 91.6 Å². The Morgan fingerprint density at radius 3 is 2.45 bits per heavy atom. The fourth-order valence-corrected chi connectivity index (χ4v) is 12.9. The summed E-state index contributed by atoms with van der Waals surface area (Å²) in [5, 5.41) is 17.8. The monoisotopic (exact) mass is 695 g/mol. The zero-order valence-electron chi connectivity index (χ0n) is 29.9. The van der Waals surface area contributed by atoms with E-state index in [2.05, 4.69) is 30.6 Å². The maximum Gasteiger partial charge on any atom is 0.408 e. The molecule has 49 heavy (non-hydrogen) atoms. The predicted octanol–water partition coefficient (Wildman–Crippen LogP) is 6.20. The van der Waals surface area contributed by atoms with Crippen LogP contribution in [0.2, 0.25) is 0 Å². The van der Waals surface area contributed by atoms with Crippen LogP contribution in [0.5, 0.6) is 0 Å². The number of nitrogens with zero attached hydrogens (tertiary/aromatic N) is 1. The summed E-state index contributed by atoms with van der Waals surface area (Å²) in [6, 6.07) is -0.335. The van der Waals surface area contributed by atoms with E-state index in [4.69, 9.17) is 14.2 Å². The molecule has 7 fully saturated rings. The molecule has 0 aromatic carbocycles. The van der Waals surface area contributed by atoms with Crippen molar-refractivity contribution in [3.63, 3.8) is 0 Å². The first kappa shape index (κ1) is 35.4. The van der Waals surface area contributed by atoms with Gasteiger partial charge in [-0.15, -0.1) is 0 Å². The van der Waals surface area contributed by atoms with Gasteiger partial charge in [0.1, 0.15) is 12.2 Å². The van der Waals surface area contributed by atoms with Gasteiger partial charge in [0.2, 0.25) is 0 Å². The van der Waals surface area contributed by atoms with Gasteiger partial charge in [0.25, 0.3) is 0 Å². The van der Waals surface area contributed by atoms with Gasteiger partial charge in [-0.1, -0.05) is 33.8 Å². The molecule has 2 spiro atoms. The van der Waals surface area contributed by atoms with Crippen molar-refractivity contribution in [1.29, 1.82) is 0 Å². The quantitative estimate of drug-likeness (QED) is 0.284. The van der Waals surface area contributed by atoms with Gasteiger partial charge in [-0.05, 0) is 110 Å². The SMILES string of the molecule is C/C=C1/C(OC(=O)NC2CN(CC(F)(F)F)C2)CCC23CC24CCC2(C)[C@H]5CCC(C(OC(=O)NC)C(C)C)OC5[C@H](O)[C@@]2(C)C4CC[C@@H]13. The molecule has 0 bridgehead atoms. The van der Waals surface area contributed by atoms with Gasteiger partial charge in [0.05, 0.1) is 30.9 Å². The summed E-state index contributed by atoms with van der Waals surface area (Å²) in [6.07, 6.45) is 3.73. The standard InChI is InChI=1S/C37H56F3N3O6/c1-7-22-23-9-11-27-34(5)30(44)29-24(8-10-26(47-29)28(20(2)3)49-31(45)41-6)33(34,4)14-15-36(27)18-35(23,36)13-12-25(22)48-32(46)42-21-16-43(17-21)19-37(38,39)40/h7,20-21,23-30,44H,8-19H2,1-6H3,(H,41,45)(H,42,46)/b22-7+/t23-,24-,25?,26?,27?,28?,29?,30-,33?,34+,35?,36?/m0/s1. The first-order valence-corrected chi connectivity index (χ1v) is 18.7. The van der Waals surface area contributed by atoms with Crippen LogP contribution in [-0.2, 0) is 14.2 Å². The maximum absolute atomic E-state index is 12.9. The van der Waals surface area contributed by atoms with Crippen molar-refractivity contribution in [1.82, 2.24) is 15.5 Å². The largest absolute Gasteiger partial charge is 0.443 e. The number of carbonyl (C=O) groups excluding carboxylic acids is 2. The number of hydrogen-bond donors (Lipinski definition) is 3. The molecule has 276 valence electrons. The highest BCUT2D eigenvalue weighted by atomic mass is 19.4. The van der Waals surface area contributed by atoms with Crippen molar-refractivity contribution in [2.75, 3.05) is 26.7 Å². The Bertz CT molecular complexity index is 1350. The fourth-order valence-electron chi connectivity index (χ4n) is 12.9. The highest BCUT2D eigenvalue weighted by Gasteiger charge is 2.83. The number of allylic oxidation sites excluding steroid dienone is 1. The van der Waals surface area contributed by atoms with Crippen LogP contribution in [0.3, 0.4) is 0 Å². The molecule has 2 saturated heterocycles. The molecule has 0 radical (unpaired) electrons. The Morgan fingerprint density at radius 2 is 1.80 bits per heavy atom. The van der Waals surface area contributed by atoms with Gasteiger partial charge in [-0.3, -0.25) is 4.90 Å². The summed E-state index contributed by atoms with van der Waals surface area (Å²) >= 11 is 0. The molecular formula is C37H56F3N3O6. The highest BCUT2D eigenvalue weighted by Crippen LogP contribution is 2.88. The van der Waals surface area contributed by atoms with E-state index >= 15 is 0 Å². The molecule has 5 aliphatic carbocycles. The topological polar surface area (TPSA) is 109 Å². The number of halogens is 3. The Hall–Kier alpha value is -2.05. The van der Waals surface area contributed by atoms with Gasteiger partial charge in [-0.25, -0.2) is 9.59 Å². The number of amides is 2. The Kier molecular flexibility index (Phi) is 8.66. The van der Waals surface area contributed by atoms with E-state index < -0.39 is 31.0 Å². The number of hydrogen-bond acceptors (Lipinski definition) is 7. The van der Waals surface area contributed by atoms with Crippen LogP contribution in [0.4, 0.5) is 22.8 Å². The normalized spacial score (nSPS) is 45.9. The molecular weight excluding hydrogens is 639 g/mol. The minimum Gasteiger partial charge on any atom is -0.443 e. The van der Waals surface area contributed by atoms with E-state index in [0.29, 0.717) is 11.8 Å². The summed E-state index contributed by atoms with van der Waals surface area (Å²) in [7, 11) is 1.56. The molecule has 7 rings (SSSR count). The van der Waals surface area contributed by atoms with Crippen molar-refractivity contribution in [3.05, 3.63) is 11.6 Å². The lowest BCUT2D eigenvalue weighted by Crippen LogP contribution is -2.61. The van der Waals surface area contributed by atoms with Gasteiger partial charge < -0.3 is 30.0 Å². The second-order valence-electron chi connectivity index (χ2n) is 17.4. The highest BCUT2D eigenvalue weighted by molar-refractivity contribution is 5.68. The number of likely N-dealkylation sites (tertiary alicyclic amines) is 1. The molecule has 2 aliphatic heterocycles. The van der Waals surface area contributed by atoms with E-state index in [1.807, 2.05) is 20.8 Å². The average molecular weight is 696 g/mol. The zero-order chi connectivity index (χ0) is 35.3. The van der Waals surface area contributed by atoms with Crippen molar-refractivity contribution in [2.45, 2.75) is 135 Å². The molecule has 5 saturated carbocycles. The summed E-state index contributed by atoms with van der Waals surface area (Å²) in [5.74, 6) is 0.993. The van der Waals surface area contributed by atoms with E-state index in [0.717, 1.165) is 57.8 Å². The Morgan fingerprint density at radius 1 is 1.06 bits per heavy atom. The number of rotatable bonds is 6. The second-order valence-corrected chi connectivity index (χ2v) is 17.4. The lowest BCUT2D eigenvalue weighted by molar-refractivity contribution is -0.171. The van der Waals surface area contributed by atoms with E-state index in [1.165, 1.54) is 10.5 Å². The van der Waals surface area contributed by atoms with Crippen molar-refractivity contribution in [3.8, 4) is 0 Å². The van der Waals surface area contributed by atoms with Gasteiger partial charge in [0, 0.05) is 25.6 Å². The first-order valence-electron chi connectivity index (χ1n) is 18.7. The molecule has 2 heterocycles. The number of carbonyl (C=O) groups is 2. The first-order chi connectivity index (χ1) is 23.0. The van der Waals surface area contributed by atoms with Crippen LogP contribution in [0.15, 0.2) is 11.6 Å². The van der Waals surface area contributed by atoms with Crippen LogP contribution >= 0.6 is 0 Å². The smallest absolute Gasteiger partial charge is 0.408 e. The molecule has 12 heteroatoms. The number of alkyl carbamates (subject to hydrolysis) is 2. The van der Waals surface area contributed by atoms with Crippen LogP contribution < -0.4 is 10.6 Å². The van der Waals surface area contributed by atoms with Crippen molar-refractivity contribution in [2.24, 2.45) is 45.3 Å². The number of alkyl halides is 3. The Balaban J connectivity index is 1.04. The minimum absolute atomic E-state index is 0.0669. The molecule has 0 aromatic rings. The molecule has 0 aromatic heterocycles. The third-order valence-electron chi connectivity index (χ3n) is 15.2. The van der Waals surface area contributed by atoms with Crippen LogP contribution in [0.25, 0.3) is 0 Å². The van der Waals surface area contributed by atoms with Crippen LogP contribution in [0, 0.1) is 45.3 Å². The summed E-state index contributed by atoms with van der Waals surface area (Å²) in [5.41, 5.74) is 1.07. The molecule has 2 amide bonds. The number of fused-ring (bicyclic) bond motifs is 4. The minimum atomic E-state index is -4.25. The van der Waals surface area contributed by atoms with Gasteiger partial charge in [0.15, 0.2) is 0 Å². The lowest BCUT2D eigenvalue weighted by atomic mass is 9.43. The van der Waals surface area contributed by atoms with E-state index in [-0.39, 0.29) is 77.0 Å². The van der Waals surface area contributed by atoms with Crippen LogP contribution in [0.1, 0.15) is 92.4 Å². The molecule has 3 N–H and O–H groups in total. The summed E-state index contributed by atoms with van der Waals surface area (Å²) < 4.78 is 56.7. The number of ether oxygens (including phenoxy) is 3. The molecule has 9 nitrogen and oxygen atoms in total. The van der Waals surface area contributed by atoms with E-state index in [1.54, 1.807) is 7.05 Å². The second kappa shape index (κ2) is 12.0. The van der Waals surface area contributed by atoms with Crippen molar-refractivity contribution >= 4 is 12.2 Å². The number of aliphatic hydroxyl groups excluding tert-OH is 1. The number of aliphatic hydroxyl groups is 1. The molecule has 7 aliphatic rings. The lowest BCUT2D eigenvalue weighted by Gasteiger charge is -2.61. The van der Waals surface area contributed by atoms with E-state index in [9.17, 15) is 27.9 Å². The Labute approximate surface area is 288 Å². The third-order valence-corrected chi connectivity index (χ3v) is 15.2. The fraction of sp³-hybridized carbons (Fsp3) is 0.892. The predicted molar refractivity (Wildman–Crippen MR) is 175 cm³/mol. The van der Waals surface area contributed by atoms with Gasteiger partial charge in [-0.2, -0.15) is 13.2 Å². The zero-order valence-corrected chi connectivity index (χ0v) is 29.9. The molecule has 12 atom stereocenters. The molecule has 8 unspecified atom stereocenters. The number of nitrogens with one attached hydrogen (secondary N) is 2. The van der Waals surface area contributed by atoms with Crippen molar-refractivity contribution < 1.29 is 42.1 Å². The average Bonchev–Trinajstić information content (AvgIpc) is 3.66. The maximum atomic E-state index is 12.9. The summed E-state index contributed by atoms with van der Waals surface area (Å²) in [4.78, 5) is 26.4. The van der Waals surface area contributed by atoms with Gasteiger partial charge >= 0.3 is 18.4 Å². The summed E-state index contributed by atoms with van der Waals surface area (Å²) in [6.45, 7) is 10.2. The third kappa shape index (κ3) is 5.26.